The number of aliphatic hydroxyl groups is 1. The van der Waals surface area contributed by atoms with Crippen molar-refractivity contribution in [1.82, 2.24) is 83.0 Å². The van der Waals surface area contributed by atoms with Gasteiger partial charge in [-0.1, -0.05) is 74.0 Å². The van der Waals surface area contributed by atoms with Crippen LogP contribution < -0.4 is 75.7 Å². The van der Waals surface area contributed by atoms with Crippen LogP contribution in [0.2, 0.25) is 0 Å². The summed E-state index contributed by atoms with van der Waals surface area (Å²) in [7, 11) is -3.90. The van der Waals surface area contributed by atoms with Crippen molar-refractivity contribution in [1.29, 1.82) is 0 Å². The van der Waals surface area contributed by atoms with Gasteiger partial charge in [-0.2, -0.15) is 18.3 Å². The molecule has 630 valence electrons. The van der Waals surface area contributed by atoms with E-state index in [1.807, 2.05) is 12.3 Å². The van der Waals surface area contributed by atoms with Gasteiger partial charge in [0, 0.05) is 73.3 Å². The number of nitrogens with zero attached hydrogens (tertiary/aromatic N) is 5. The molecular weight excluding hydrogens is 1550 g/mol. The summed E-state index contributed by atoms with van der Waals surface area (Å²) < 4.78 is 69.2. The molecule has 0 aliphatic carbocycles. The maximum absolute atomic E-state index is 14.8. The summed E-state index contributed by atoms with van der Waals surface area (Å²) in [6.45, 7) is 9.15. The number of hydrazine groups is 1. The fraction of sp³-hybridized carbons (Fsp3) is 0.421. The number of carbonyl (C=O) groups excluding carboxylic acids is 11. The third-order valence-electron chi connectivity index (χ3n) is 18.6. The van der Waals surface area contributed by atoms with Crippen LogP contribution in [0.3, 0.4) is 0 Å². The number of aliphatic imine (C=N–C) groups is 1. The predicted octanol–water partition coefficient (Wildman–Crippen LogP) is 0.408. The van der Waals surface area contributed by atoms with Gasteiger partial charge in [-0.15, -0.1) is 0 Å². The van der Waals surface area contributed by atoms with Crippen molar-refractivity contribution in [2.24, 2.45) is 33.3 Å². The van der Waals surface area contributed by atoms with Crippen LogP contribution in [-0.4, -0.2) is 206 Å². The lowest BCUT2D eigenvalue weighted by molar-refractivity contribution is -0.142. The first kappa shape index (κ1) is 90.0. The number of hydrogen-bond acceptors (Lipinski definition) is 19. The van der Waals surface area contributed by atoms with Crippen LogP contribution in [0.25, 0.3) is 27.8 Å². The first-order chi connectivity index (χ1) is 55.2. The number of primary amides is 1. The Morgan fingerprint density at radius 2 is 1.31 bits per heavy atom. The molecular formula is C76H98F3N21O16S. The number of aromatic nitrogens is 5. The average Bonchev–Trinajstić information content (AvgIpc) is 1.65. The average molecular weight is 1650 g/mol. The van der Waals surface area contributed by atoms with Gasteiger partial charge >= 0.3 is 12.2 Å². The van der Waals surface area contributed by atoms with E-state index in [4.69, 9.17) is 27.1 Å². The normalized spacial score (nSPS) is 15.9. The number of ether oxygens (including phenoxy) is 1. The molecule has 4 aromatic carbocycles. The number of H-pyrrole nitrogens is 2. The Hall–Kier alpha value is -12.5. The monoisotopic (exact) mass is 1650 g/mol. The number of primary sulfonamides is 1. The number of para-hydroxylation sites is 1. The minimum absolute atomic E-state index is 0.00453. The Morgan fingerprint density at radius 3 is 1.90 bits per heavy atom. The summed E-state index contributed by atoms with van der Waals surface area (Å²) in [4.78, 5) is 167. The van der Waals surface area contributed by atoms with Gasteiger partial charge < -0.3 is 89.6 Å². The minimum atomic E-state index is -4.61. The number of aromatic amines is 2. The number of halogens is 3. The van der Waals surface area contributed by atoms with E-state index >= 15 is 0 Å². The molecule has 22 N–H and O–H groups in total. The lowest BCUT2D eigenvalue weighted by Crippen LogP contribution is -2.62. The van der Waals surface area contributed by atoms with Gasteiger partial charge in [-0.05, 0) is 132 Å². The number of guanidine groups is 1. The molecule has 0 bridgehead atoms. The Morgan fingerprint density at radius 1 is 0.709 bits per heavy atom. The van der Waals surface area contributed by atoms with Crippen LogP contribution >= 0.6 is 0 Å². The standard InChI is InChI=1S/C59H84N18O14.C17H14F3N3O2S/c1-31(2)22-40(49(82)68-39(12-8-20-64-57(60)61)56(89)77-21-9-13-46(77)55(88)75-76-58(62)90)69-54(87)45(29-91-59(3,4)5)74-50(83)41(23-32-14-16-35(79)17-15-32)70-53(86)44(28-78)73-51(84)42(24-33-26-65-37-11-7-6-10-36(33)37)71-52(85)43(25-34-27-63-30-66-34)72-48(81)38-18-19-47(80)67-38;1-11-2-4-12(5-3-11)15-10-16(17(18,19)20)22-23(15)13-6-8-14(9-7-13)26(21,24)25/h6-7,10-11,14-17,26-27,30-31,38-46,65,78-79H,8-9,12-13,18-25,28-29H2,1-5H3,(H,63,66)(H,67,80)(H,68,82)(H,69,87)(H,70,86)(H,71,85)(H,72,81)(H,73,84)(H,74,83)(H,75,88)(H4,60,61,64)(H3,62,76,90);2-10H,1H3,(H2,21,24,25)/t38-,39-,40-,41-,42-,43-,44-,45+,46-;/m0./s1. The molecule has 37 nitrogen and oxygen atoms in total. The number of carbonyl (C=O) groups is 11. The van der Waals surface area contributed by atoms with E-state index in [-0.39, 0.29) is 111 Å². The van der Waals surface area contributed by atoms with Crippen LogP contribution in [-0.2, 0) is 88.1 Å². The second-order valence-electron chi connectivity index (χ2n) is 29.4. The van der Waals surface area contributed by atoms with E-state index in [1.54, 1.807) is 89.3 Å². The molecule has 117 heavy (non-hydrogen) atoms. The van der Waals surface area contributed by atoms with E-state index in [9.17, 15) is 84.5 Å². The highest BCUT2D eigenvalue weighted by atomic mass is 32.2. The van der Waals surface area contributed by atoms with Crippen molar-refractivity contribution in [3.63, 3.8) is 0 Å². The van der Waals surface area contributed by atoms with Gasteiger partial charge in [0.05, 0.1) is 41.4 Å². The first-order valence-corrected chi connectivity index (χ1v) is 38.8. The lowest BCUT2D eigenvalue weighted by atomic mass is 10.0. The number of hydrogen-bond donors (Lipinski definition) is 18. The predicted molar refractivity (Wildman–Crippen MR) is 419 cm³/mol. The van der Waals surface area contributed by atoms with E-state index in [0.717, 1.165) is 16.3 Å². The van der Waals surface area contributed by atoms with Crippen molar-refractivity contribution in [3.05, 3.63) is 150 Å². The molecule has 3 aromatic heterocycles. The quantitative estimate of drug-likeness (QED) is 0.0112. The summed E-state index contributed by atoms with van der Waals surface area (Å²) in [6, 6.07) is 12.3. The largest absolute Gasteiger partial charge is 0.508 e. The third-order valence-corrected chi connectivity index (χ3v) is 19.5. The SMILES string of the molecule is CC(C)C[C@H](NC(=O)[C@@H](COC(C)(C)C)NC(=O)[C@H](Cc1ccc(O)cc1)NC(=O)[C@H](CO)NC(=O)[C@H](Cc1c[nH]c2ccccc12)NC(=O)[C@H](Cc1cnc[nH]1)NC(=O)[C@@H]1CCC(=O)N1)C(=O)N[C@@H](CCCN=C(N)N)C(=O)N1CCC[C@H]1C(=O)NNC(N)=O.Cc1ccc(-c2cc(C(F)(F)F)nn2-c2ccc(S(N)(=O)=O)cc2)cc1. The zero-order valence-electron chi connectivity index (χ0n) is 64.9. The Balaban J connectivity index is 0.000000551. The second-order valence-corrected chi connectivity index (χ2v) is 30.9. The zero-order valence-corrected chi connectivity index (χ0v) is 65.7. The van der Waals surface area contributed by atoms with Crippen molar-refractivity contribution >= 4 is 92.0 Å². The number of alkyl halides is 3. The van der Waals surface area contributed by atoms with Gasteiger partial charge in [0.2, 0.25) is 63.2 Å². The maximum atomic E-state index is 14.8. The summed E-state index contributed by atoms with van der Waals surface area (Å²) in [5.41, 5.74) is 22.6. The smallest absolute Gasteiger partial charge is 0.435 e. The Labute approximate surface area is 670 Å². The van der Waals surface area contributed by atoms with Gasteiger partial charge in [-0.3, -0.25) is 58.4 Å². The van der Waals surface area contributed by atoms with E-state index in [1.165, 1.54) is 66.0 Å². The molecule has 5 heterocycles. The van der Waals surface area contributed by atoms with E-state index in [2.05, 4.69) is 73.0 Å². The highest BCUT2D eigenvalue weighted by molar-refractivity contribution is 7.89. The van der Waals surface area contributed by atoms with E-state index < -0.39 is 154 Å². The number of rotatable bonds is 34. The molecule has 0 radical (unpaired) electrons. The van der Waals surface area contributed by atoms with Crippen LogP contribution in [0.1, 0.15) is 108 Å². The molecule has 2 aliphatic heterocycles. The molecule has 41 heteroatoms. The first-order valence-electron chi connectivity index (χ1n) is 37.3. The molecule has 2 fully saturated rings. The Kier molecular flexibility index (Phi) is 31.3. The topological polar surface area (TPSA) is 574 Å². The molecule has 9 rings (SSSR count). The maximum Gasteiger partial charge on any atom is 0.435 e. The number of imidazole rings is 1. The fourth-order valence-electron chi connectivity index (χ4n) is 12.7. The summed E-state index contributed by atoms with van der Waals surface area (Å²) in [6.07, 6.45) is 0.302. The molecule has 12 amide bonds. The van der Waals surface area contributed by atoms with Crippen LogP contribution in [0.5, 0.6) is 5.75 Å². The number of nitrogens with one attached hydrogen (secondary N) is 12. The van der Waals surface area contributed by atoms with E-state index in [0.29, 0.717) is 39.7 Å². The minimum Gasteiger partial charge on any atom is -0.508 e. The molecule has 0 spiro atoms. The molecule has 9 atom stereocenters. The number of urea groups is 1. The highest BCUT2D eigenvalue weighted by Crippen LogP contribution is 2.34. The summed E-state index contributed by atoms with van der Waals surface area (Å²) >= 11 is 0. The summed E-state index contributed by atoms with van der Waals surface area (Å²) in [5, 5.41) is 51.5. The van der Waals surface area contributed by atoms with Gasteiger partial charge in [0.25, 0.3) is 5.91 Å². The Bertz CT molecular complexity index is 4800. The number of benzene rings is 4. The molecule has 0 saturated carbocycles. The van der Waals surface area contributed by atoms with Crippen molar-refractivity contribution in [2.45, 2.75) is 177 Å². The number of phenolic OH excluding ortho intramolecular Hbond substituents is 1. The molecule has 0 unspecified atom stereocenters. The fourth-order valence-corrected chi connectivity index (χ4v) is 13.2. The number of aryl methyl sites for hydroxylation is 1. The van der Waals surface area contributed by atoms with Crippen molar-refractivity contribution in [2.75, 3.05) is 26.3 Å². The van der Waals surface area contributed by atoms with Gasteiger partial charge in [0.1, 0.15) is 60.1 Å². The number of amides is 12. The third kappa shape index (κ3) is 26.8. The van der Waals surface area contributed by atoms with Gasteiger partial charge in [-0.25, -0.2) is 33.4 Å². The molecule has 2 aliphatic rings. The number of aliphatic hydroxyl groups excluding tert-OH is 1. The number of aromatic hydroxyl groups is 1. The number of likely N-dealkylation sites (tertiary alicyclic amines) is 1. The lowest BCUT2D eigenvalue weighted by Gasteiger charge is -2.31. The second kappa shape index (κ2) is 40.7. The highest BCUT2D eigenvalue weighted by Gasteiger charge is 2.41. The van der Waals surface area contributed by atoms with Crippen LogP contribution in [0.15, 0.2) is 132 Å². The molecule has 2 saturated heterocycles. The molecule has 7 aromatic rings. The van der Waals surface area contributed by atoms with Crippen molar-refractivity contribution in [3.8, 4) is 22.7 Å². The van der Waals surface area contributed by atoms with Crippen LogP contribution in [0.4, 0.5) is 18.0 Å². The van der Waals surface area contributed by atoms with Crippen LogP contribution in [0, 0.1) is 12.8 Å². The summed E-state index contributed by atoms with van der Waals surface area (Å²) in [5.74, 6) is -8.58. The van der Waals surface area contributed by atoms with Crippen molar-refractivity contribution < 1.29 is 89.3 Å². The number of nitrogens with two attached hydrogens (primary N) is 4. The number of phenols is 1. The zero-order chi connectivity index (χ0) is 85.6. The number of sulfonamides is 1. The number of fused-ring (bicyclic) bond motifs is 1. The van der Waals surface area contributed by atoms with Gasteiger partial charge in [0.15, 0.2) is 11.7 Å².